The number of aromatic nitrogens is 2. The largest absolute Gasteiger partial charge is 0.350 e. The van der Waals surface area contributed by atoms with Crippen molar-refractivity contribution in [2.75, 3.05) is 5.32 Å². The number of hydrogen-bond donors (Lipinski definition) is 2. The second-order valence-corrected chi connectivity index (χ2v) is 9.19. The normalized spacial score (nSPS) is 11.7. The predicted molar refractivity (Wildman–Crippen MR) is 130 cm³/mol. The maximum Gasteiger partial charge on any atom is 0.269 e. The van der Waals surface area contributed by atoms with Crippen molar-refractivity contribution >= 4 is 39.6 Å². The Bertz CT molecular complexity index is 1250. The lowest BCUT2D eigenvalue weighted by molar-refractivity contribution is -0.119. The highest BCUT2D eigenvalue weighted by Crippen LogP contribution is 2.30. The van der Waals surface area contributed by atoms with Crippen LogP contribution in [-0.2, 0) is 4.79 Å². The Kier molecular flexibility index (Phi) is 6.43. The molecular weight excluding hydrogens is 440 g/mol. The highest BCUT2D eigenvalue weighted by molar-refractivity contribution is 7.17. The average molecular weight is 463 g/mol. The number of amides is 2. The van der Waals surface area contributed by atoms with Gasteiger partial charge in [-0.2, -0.15) is 0 Å². The molecule has 32 heavy (non-hydrogen) atoms. The Hall–Kier alpha value is -3.36. The minimum absolute atomic E-state index is 0.0599. The Morgan fingerprint density at radius 1 is 0.969 bits per heavy atom. The SMILES string of the molecule is CC(=O)NC(C)c1ccc(-c2csc(NC(=O)c3sc(-c4ccccc4)nc3C)n2)cc1. The lowest BCUT2D eigenvalue weighted by atomic mass is 10.1. The van der Waals surface area contributed by atoms with E-state index in [4.69, 9.17) is 0 Å². The van der Waals surface area contributed by atoms with E-state index in [0.29, 0.717) is 15.7 Å². The van der Waals surface area contributed by atoms with E-state index in [0.717, 1.165) is 27.4 Å². The monoisotopic (exact) mass is 462 g/mol. The molecule has 2 aromatic carbocycles. The quantitative estimate of drug-likeness (QED) is 0.385. The molecule has 0 saturated carbocycles. The van der Waals surface area contributed by atoms with Crippen LogP contribution in [0.1, 0.15) is 40.8 Å². The summed E-state index contributed by atoms with van der Waals surface area (Å²) in [6, 6.07) is 17.6. The van der Waals surface area contributed by atoms with E-state index in [9.17, 15) is 9.59 Å². The molecule has 0 spiro atoms. The van der Waals surface area contributed by atoms with Crippen molar-refractivity contribution < 1.29 is 9.59 Å². The number of benzene rings is 2. The molecule has 2 amide bonds. The van der Waals surface area contributed by atoms with Crippen LogP contribution in [0.2, 0.25) is 0 Å². The van der Waals surface area contributed by atoms with Crippen LogP contribution in [0.25, 0.3) is 21.8 Å². The number of rotatable bonds is 6. The summed E-state index contributed by atoms with van der Waals surface area (Å²) < 4.78 is 0. The van der Waals surface area contributed by atoms with Crippen LogP contribution >= 0.6 is 22.7 Å². The third-order valence-corrected chi connectivity index (χ3v) is 6.84. The molecule has 4 rings (SSSR count). The van der Waals surface area contributed by atoms with Gasteiger partial charge in [0.1, 0.15) is 9.88 Å². The summed E-state index contributed by atoms with van der Waals surface area (Å²) in [4.78, 5) is 33.8. The van der Waals surface area contributed by atoms with Crippen molar-refractivity contribution in [3.8, 4) is 21.8 Å². The zero-order valence-electron chi connectivity index (χ0n) is 17.9. The Morgan fingerprint density at radius 2 is 1.69 bits per heavy atom. The molecule has 0 bridgehead atoms. The van der Waals surface area contributed by atoms with Crippen molar-refractivity contribution in [3.05, 3.63) is 76.1 Å². The first-order valence-electron chi connectivity index (χ1n) is 10.1. The first-order chi connectivity index (χ1) is 15.4. The fourth-order valence-electron chi connectivity index (χ4n) is 3.26. The molecule has 2 aromatic heterocycles. The van der Waals surface area contributed by atoms with Gasteiger partial charge in [0.2, 0.25) is 5.91 Å². The molecule has 8 heteroatoms. The molecule has 0 saturated heterocycles. The zero-order valence-corrected chi connectivity index (χ0v) is 19.5. The van der Waals surface area contributed by atoms with Crippen LogP contribution in [0, 0.1) is 6.92 Å². The fraction of sp³-hybridized carbons (Fsp3) is 0.167. The molecule has 1 atom stereocenters. The van der Waals surface area contributed by atoms with E-state index >= 15 is 0 Å². The molecule has 6 nitrogen and oxygen atoms in total. The summed E-state index contributed by atoms with van der Waals surface area (Å²) in [7, 11) is 0. The minimum atomic E-state index is -0.206. The van der Waals surface area contributed by atoms with Crippen molar-refractivity contribution in [3.63, 3.8) is 0 Å². The zero-order chi connectivity index (χ0) is 22.7. The molecule has 2 heterocycles. The average Bonchev–Trinajstić information content (AvgIpc) is 3.41. The maximum absolute atomic E-state index is 12.8. The van der Waals surface area contributed by atoms with Gasteiger partial charge >= 0.3 is 0 Å². The smallest absolute Gasteiger partial charge is 0.269 e. The van der Waals surface area contributed by atoms with Gasteiger partial charge in [-0.05, 0) is 19.4 Å². The Balaban J connectivity index is 1.46. The number of carbonyl (C=O) groups is 2. The van der Waals surface area contributed by atoms with Gasteiger partial charge in [-0.1, -0.05) is 54.6 Å². The van der Waals surface area contributed by atoms with Crippen molar-refractivity contribution in [1.29, 1.82) is 0 Å². The number of hydrogen-bond acceptors (Lipinski definition) is 6. The summed E-state index contributed by atoms with van der Waals surface area (Å²) in [5, 5.41) is 9.04. The predicted octanol–water partition coefficient (Wildman–Crippen LogP) is 5.69. The van der Waals surface area contributed by atoms with Gasteiger partial charge in [0, 0.05) is 23.4 Å². The molecule has 1 unspecified atom stereocenters. The van der Waals surface area contributed by atoms with Crippen molar-refractivity contribution in [2.45, 2.75) is 26.8 Å². The number of carbonyl (C=O) groups excluding carboxylic acids is 2. The van der Waals surface area contributed by atoms with Crippen LogP contribution in [0.4, 0.5) is 5.13 Å². The van der Waals surface area contributed by atoms with Crippen LogP contribution in [0.15, 0.2) is 60.0 Å². The summed E-state index contributed by atoms with van der Waals surface area (Å²) in [6.07, 6.45) is 0. The lowest BCUT2D eigenvalue weighted by Gasteiger charge is -2.12. The van der Waals surface area contributed by atoms with Gasteiger partial charge in [-0.15, -0.1) is 22.7 Å². The Labute approximate surface area is 194 Å². The summed E-state index contributed by atoms with van der Waals surface area (Å²) in [5.41, 5.74) is 4.44. The van der Waals surface area contributed by atoms with Gasteiger partial charge in [0.25, 0.3) is 5.91 Å². The van der Waals surface area contributed by atoms with E-state index in [2.05, 4.69) is 20.6 Å². The van der Waals surface area contributed by atoms with Gasteiger partial charge in [0.05, 0.1) is 17.4 Å². The van der Waals surface area contributed by atoms with Gasteiger partial charge in [-0.25, -0.2) is 9.97 Å². The van der Waals surface area contributed by atoms with E-state index in [-0.39, 0.29) is 17.9 Å². The first kappa shape index (κ1) is 21.9. The van der Waals surface area contributed by atoms with Crippen LogP contribution in [0.3, 0.4) is 0 Å². The van der Waals surface area contributed by atoms with Crippen LogP contribution in [0.5, 0.6) is 0 Å². The highest BCUT2D eigenvalue weighted by atomic mass is 32.1. The molecule has 0 aliphatic carbocycles. The maximum atomic E-state index is 12.8. The number of nitrogens with one attached hydrogen (secondary N) is 2. The number of nitrogens with zero attached hydrogens (tertiary/aromatic N) is 2. The summed E-state index contributed by atoms with van der Waals surface area (Å²) in [5.74, 6) is -0.268. The molecule has 0 fully saturated rings. The number of aryl methyl sites for hydroxylation is 1. The third-order valence-electron chi connectivity index (χ3n) is 4.87. The molecule has 0 aliphatic heterocycles. The van der Waals surface area contributed by atoms with Crippen LogP contribution in [-0.4, -0.2) is 21.8 Å². The second-order valence-electron chi connectivity index (χ2n) is 7.34. The first-order valence-corrected chi connectivity index (χ1v) is 11.8. The van der Waals surface area contributed by atoms with Crippen molar-refractivity contribution in [2.24, 2.45) is 0 Å². The lowest BCUT2D eigenvalue weighted by Crippen LogP contribution is -2.23. The molecule has 0 radical (unpaired) electrons. The van der Waals surface area contributed by atoms with Gasteiger partial charge < -0.3 is 5.32 Å². The Morgan fingerprint density at radius 3 is 2.38 bits per heavy atom. The number of anilines is 1. The third kappa shape index (κ3) is 4.92. The van der Waals surface area contributed by atoms with Gasteiger partial charge in [-0.3, -0.25) is 14.9 Å². The van der Waals surface area contributed by atoms with Gasteiger partial charge in [0.15, 0.2) is 5.13 Å². The topological polar surface area (TPSA) is 84.0 Å². The minimum Gasteiger partial charge on any atom is -0.350 e. The summed E-state index contributed by atoms with van der Waals surface area (Å²) in [6.45, 7) is 5.29. The molecular formula is C24H22N4O2S2. The molecule has 0 aliphatic rings. The molecule has 162 valence electrons. The highest BCUT2D eigenvalue weighted by Gasteiger charge is 2.18. The van der Waals surface area contributed by atoms with E-state index < -0.39 is 0 Å². The van der Waals surface area contributed by atoms with E-state index in [1.807, 2.05) is 73.8 Å². The second kappa shape index (κ2) is 9.42. The van der Waals surface area contributed by atoms with E-state index in [1.165, 1.54) is 29.6 Å². The fourth-order valence-corrected chi connectivity index (χ4v) is 4.94. The standard InChI is InChI=1S/C24H22N4O2S2/c1-14(25-16(3)29)17-9-11-18(12-10-17)20-13-31-24(27-20)28-22(30)21-15(2)26-23(32-21)19-7-5-4-6-8-19/h4-14H,1-3H3,(H,25,29)(H,27,28,30). The molecule has 2 N–H and O–H groups in total. The number of thiazole rings is 2. The van der Waals surface area contributed by atoms with E-state index in [1.54, 1.807) is 0 Å². The van der Waals surface area contributed by atoms with Crippen LogP contribution < -0.4 is 10.6 Å². The molecule has 4 aromatic rings. The van der Waals surface area contributed by atoms with Crippen molar-refractivity contribution in [1.82, 2.24) is 15.3 Å². The summed E-state index contributed by atoms with van der Waals surface area (Å²) >= 11 is 2.75.